The summed E-state index contributed by atoms with van der Waals surface area (Å²) in [6, 6.07) is 16.2. The van der Waals surface area contributed by atoms with E-state index in [-0.39, 0.29) is 17.0 Å². The van der Waals surface area contributed by atoms with Crippen LogP contribution < -0.4 is 0 Å². The average Bonchev–Trinajstić information content (AvgIpc) is 3.10. The van der Waals surface area contributed by atoms with Crippen LogP contribution in [0.3, 0.4) is 0 Å². The van der Waals surface area contributed by atoms with E-state index in [1.165, 1.54) is 18.3 Å². The lowest BCUT2D eigenvalue weighted by molar-refractivity contribution is 0.0693. The number of carbonyl (C=O) groups excluding carboxylic acids is 1. The molecule has 1 amide bonds. The van der Waals surface area contributed by atoms with Crippen molar-refractivity contribution in [2.45, 2.75) is 39.4 Å². The van der Waals surface area contributed by atoms with Crippen molar-refractivity contribution in [2.75, 3.05) is 0 Å². The molecule has 0 fully saturated rings. The van der Waals surface area contributed by atoms with E-state index in [0.29, 0.717) is 23.8 Å². The minimum absolute atomic E-state index is 0.203. The van der Waals surface area contributed by atoms with Crippen LogP contribution in [0.15, 0.2) is 60.8 Å². The molecule has 1 N–H and O–H groups in total. The number of carbonyl (C=O) groups is 2. The third kappa shape index (κ3) is 4.89. The normalized spacial score (nSPS) is 11.3. The molecular formula is C23H24ClN3O3. The third-order valence-electron chi connectivity index (χ3n) is 4.65. The standard InChI is InChI=1S/C23H24ClN3O3/c1-23(2,3)27-20(24)19(13-25-27)21(28)26(14-16-7-5-4-6-8-16)15-17-9-11-18(12-10-17)22(29)30/h4-13H,14-15H2,1-3H3,(H,29,30). The molecule has 0 unspecified atom stereocenters. The van der Waals surface area contributed by atoms with E-state index in [1.807, 2.05) is 51.1 Å². The van der Waals surface area contributed by atoms with Crippen LogP contribution in [0, 0.1) is 0 Å². The summed E-state index contributed by atoms with van der Waals surface area (Å²) < 4.78 is 1.63. The van der Waals surface area contributed by atoms with Crippen molar-refractivity contribution in [1.82, 2.24) is 14.7 Å². The summed E-state index contributed by atoms with van der Waals surface area (Å²) in [6.07, 6.45) is 1.50. The molecule has 3 rings (SSSR count). The number of benzene rings is 2. The van der Waals surface area contributed by atoms with Crippen LogP contribution in [0.25, 0.3) is 0 Å². The molecule has 7 heteroatoms. The highest BCUT2D eigenvalue weighted by Gasteiger charge is 2.26. The SMILES string of the molecule is CC(C)(C)n1ncc(C(=O)N(Cc2ccccc2)Cc2ccc(C(=O)O)cc2)c1Cl. The van der Waals surface area contributed by atoms with Gasteiger partial charge in [0.15, 0.2) is 0 Å². The van der Waals surface area contributed by atoms with Crippen molar-refractivity contribution in [1.29, 1.82) is 0 Å². The highest BCUT2D eigenvalue weighted by Crippen LogP contribution is 2.25. The van der Waals surface area contributed by atoms with Crippen molar-refractivity contribution < 1.29 is 14.7 Å². The van der Waals surface area contributed by atoms with Gasteiger partial charge in [0.2, 0.25) is 0 Å². The van der Waals surface area contributed by atoms with Crippen LogP contribution in [0.4, 0.5) is 0 Å². The minimum Gasteiger partial charge on any atom is -0.478 e. The van der Waals surface area contributed by atoms with E-state index in [9.17, 15) is 9.59 Å². The number of halogens is 1. The lowest BCUT2D eigenvalue weighted by Crippen LogP contribution is -2.30. The lowest BCUT2D eigenvalue weighted by Gasteiger charge is -2.24. The Kier molecular flexibility index (Phi) is 6.27. The van der Waals surface area contributed by atoms with Crippen molar-refractivity contribution in [2.24, 2.45) is 0 Å². The second-order valence-corrected chi connectivity index (χ2v) is 8.44. The summed E-state index contributed by atoms with van der Waals surface area (Å²) in [4.78, 5) is 26.2. The Balaban J connectivity index is 1.92. The number of amides is 1. The molecule has 0 aliphatic rings. The van der Waals surface area contributed by atoms with Gasteiger partial charge in [-0.15, -0.1) is 0 Å². The maximum Gasteiger partial charge on any atom is 0.335 e. The van der Waals surface area contributed by atoms with Gasteiger partial charge in [-0.3, -0.25) is 4.79 Å². The van der Waals surface area contributed by atoms with E-state index in [1.54, 1.807) is 21.7 Å². The van der Waals surface area contributed by atoms with Gasteiger partial charge < -0.3 is 10.0 Å². The molecular weight excluding hydrogens is 402 g/mol. The molecule has 30 heavy (non-hydrogen) atoms. The third-order valence-corrected chi connectivity index (χ3v) is 5.02. The van der Waals surface area contributed by atoms with Gasteiger partial charge in [0.1, 0.15) is 5.15 Å². The molecule has 0 bridgehead atoms. The first kappa shape index (κ1) is 21.6. The molecule has 2 aromatic carbocycles. The zero-order chi connectivity index (χ0) is 21.9. The van der Waals surface area contributed by atoms with Crippen molar-refractivity contribution in [3.63, 3.8) is 0 Å². The summed E-state index contributed by atoms with van der Waals surface area (Å²) >= 11 is 6.50. The van der Waals surface area contributed by atoms with E-state index < -0.39 is 5.97 Å². The van der Waals surface area contributed by atoms with Crippen LogP contribution >= 0.6 is 11.6 Å². The zero-order valence-corrected chi connectivity index (χ0v) is 17.9. The fraction of sp³-hybridized carbons (Fsp3) is 0.261. The van der Waals surface area contributed by atoms with Gasteiger partial charge in [-0.1, -0.05) is 54.1 Å². The number of hydrogen-bond donors (Lipinski definition) is 1. The first-order chi connectivity index (χ1) is 14.2. The zero-order valence-electron chi connectivity index (χ0n) is 17.2. The number of rotatable bonds is 6. The molecule has 6 nitrogen and oxygen atoms in total. The van der Waals surface area contributed by atoms with Gasteiger partial charge in [-0.25, -0.2) is 9.48 Å². The predicted octanol–water partition coefficient (Wildman–Crippen LogP) is 4.83. The average molecular weight is 426 g/mol. The van der Waals surface area contributed by atoms with Crippen LogP contribution in [0.5, 0.6) is 0 Å². The molecule has 156 valence electrons. The summed E-state index contributed by atoms with van der Waals surface area (Å²) in [5, 5.41) is 13.7. The molecule has 0 aliphatic carbocycles. The second kappa shape index (κ2) is 8.71. The summed E-state index contributed by atoms with van der Waals surface area (Å²) in [5.74, 6) is -1.22. The molecule has 0 aliphatic heterocycles. The van der Waals surface area contributed by atoms with Gasteiger partial charge in [-0.2, -0.15) is 5.10 Å². The van der Waals surface area contributed by atoms with E-state index in [2.05, 4.69) is 5.10 Å². The monoisotopic (exact) mass is 425 g/mol. The molecule has 0 saturated heterocycles. The van der Waals surface area contributed by atoms with Gasteiger partial charge in [0, 0.05) is 13.1 Å². The molecule has 1 heterocycles. The second-order valence-electron chi connectivity index (χ2n) is 8.08. The molecule has 1 aromatic heterocycles. The van der Waals surface area contributed by atoms with E-state index >= 15 is 0 Å². The highest BCUT2D eigenvalue weighted by molar-refractivity contribution is 6.32. The largest absolute Gasteiger partial charge is 0.478 e. The summed E-state index contributed by atoms with van der Waals surface area (Å²) in [7, 11) is 0. The van der Waals surface area contributed by atoms with Crippen LogP contribution in [0.1, 0.15) is 52.6 Å². The number of hydrogen-bond acceptors (Lipinski definition) is 3. The minimum atomic E-state index is -0.986. The highest BCUT2D eigenvalue weighted by atomic mass is 35.5. The molecule has 0 spiro atoms. The van der Waals surface area contributed by atoms with Crippen molar-refractivity contribution in [3.05, 3.63) is 88.2 Å². The van der Waals surface area contributed by atoms with Gasteiger partial charge >= 0.3 is 5.97 Å². The Morgan fingerprint density at radius 2 is 1.57 bits per heavy atom. The number of carboxylic acids is 1. The van der Waals surface area contributed by atoms with Crippen LogP contribution in [-0.4, -0.2) is 31.7 Å². The summed E-state index contributed by atoms with van der Waals surface area (Å²) in [6.45, 7) is 6.59. The number of carboxylic acid groups (broad SMARTS) is 1. The Bertz CT molecular complexity index is 1040. The van der Waals surface area contributed by atoms with Crippen molar-refractivity contribution >= 4 is 23.5 Å². The quantitative estimate of drug-likeness (QED) is 0.613. The summed E-state index contributed by atoms with van der Waals surface area (Å²) in [5.41, 5.74) is 1.99. The maximum absolute atomic E-state index is 13.4. The van der Waals surface area contributed by atoms with E-state index in [0.717, 1.165) is 11.1 Å². The first-order valence-corrected chi connectivity index (χ1v) is 9.94. The molecule has 0 radical (unpaired) electrons. The number of aromatic nitrogens is 2. The Hall–Kier alpha value is -3.12. The maximum atomic E-state index is 13.4. The van der Waals surface area contributed by atoms with Crippen LogP contribution in [0.2, 0.25) is 5.15 Å². The Labute approximate surface area is 180 Å². The van der Waals surface area contributed by atoms with Gasteiger partial charge in [-0.05, 0) is 44.0 Å². The fourth-order valence-corrected chi connectivity index (χ4v) is 3.52. The molecule has 0 atom stereocenters. The first-order valence-electron chi connectivity index (χ1n) is 9.56. The van der Waals surface area contributed by atoms with Crippen molar-refractivity contribution in [3.8, 4) is 0 Å². The number of aromatic carboxylic acids is 1. The Morgan fingerprint density at radius 1 is 1.00 bits per heavy atom. The van der Waals surface area contributed by atoms with E-state index in [4.69, 9.17) is 16.7 Å². The predicted molar refractivity (Wildman–Crippen MR) is 116 cm³/mol. The van der Waals surface area contributed by atoms with Gasteiger partial charge in [0.05, 0.1) is 22.9 Å². The topological polar surface area (TPSA) is 75.4 Å². The molecule has 0 saturated carbocycles. The van der Waals surface area contributed by atoms with Crippen LogP contribution in [-0.2, 0) is 18.6 Å². The van der Waals surface area contributed by atoms with Gasteiger partial charge in [0.25, 0.3) is 5.91 Å². The number of nitrogens with zero attached hydrogens (tertiary/aromatic N) is 3. The molecule has 3 aromatic rings. The fourth-order valence-electron chi connectivity index (χ4n) is 3.09. The Morgan fingerprint density at radius 3 is 2.07 bits per heavy atom. The smallest absolute Gasteiger partial charge is 0.335 e. The lowest BCUT2D eigenvalue weighted by atomic mass is 10.1.